The SMILES string of the molecule is [B]CCC(P(CCCCC)CCCCC)P(CCCCC)CCCCC. The first-order chi connectivity index (χ1) is 12.7. The predicted molar refractivity (Wildman–Crippen MR) is 130 cm³/mol. The first-order valence-electron chi connectivity index (χ1n) is 11.9. The molecule has 154 valence electrons. The molecule has 0 aromatic carbocycles. The van der Waals surface area contributed by atoms with Crippen molar-refractivity contribution in [3.05, 3.63) is 0 Å². The second-order valence-electron chi connectivity index (χ2n) is 7.96. The maximum absolute atomic E-state index is 6.15. The van der Waals surface area contributed by atoms with E-state index in [9.17, 15) is 0 Å². The van der Waals surface area contributed by atoms with Crippen LogP contribution in [-0.2, 0) is 0 Å². The molecule has 0 amide bonds. The predicted octanol–water partition coefficient (Wildman–Crippen LogP) is 9.01. The minimum atomic E-state index is 0.215. The van der Waals surface area contributed by atoms with Crippen LogP contribution in [0.1, 0.15) is 111 Å². The van der Waals surface area contributed by atoms with Crippen molar-refractivity contribution in [3.63, 3.8) is 0 Å². The molecular formula is C23H49BP2. The van der Waals surface area contributed by atoms with Crippen molar-refractivity contribution >= 4 is 23.7 Å². The van der Waals surface area contributed by atoms with Crippen LogP contribution in [0.5, 0.6) is 0 Å². The van der Waals surface area contributed by atoms with Gasteiger partial charge in [0.15, 0.2) is 0 Å². The molecular weight excluding hydrogens is 349 g/mol. The highest BCUT2D eigenvalue weighted by Gasteiger charge is 2.26. The number of unbranched alkanes of at least 4 members (excludes halogenated alkanes) is 8. The Labute approximate surface area is 171 Å². The van der Waals surface area contributed by atoms with Gasteiger partial charge in [-0.3, -0.25) is 0 Å². The van der Waals surface area contributed by atoms with Gasteiger partial charge in [-0.25, -0.2) is 0 Å². The molecule has 0 bridgehead atoms. The average Bonchev–Trinajstić information content (AvgIpc) is 2.64. The van der Waals surface area contributed by atoms with Gasteiger partial charge in [-0.1, -0.05) is 108 Å². The lowest BCUT2D eigenvalue weighted by atomic mass is 10.0. The van der Waals surface area contributed by atoms with Crippen LogP contribution < -0.4 is 0 Å². The minimum Gasteiger partial charge on any atom is -0.0992 e. The van der Waals surface area contributed by atoms with Gasteiger partial charge in [0.2, 0.25) is 0 Å². The quantitative estimate of drug-likeness (QED) is 0.109. The van der Waals surface area contributed by atoms with E-state index >= 15 is 0 Å². The third-order valence-corrected chi connectivity index (χ3v) is 13.2. The van der Waals surface area contributed by atoms with E-state index in [1.165, 1.54) is 108 Å². The Morgan fingerprint density at radius 2 is 0.846 bits per heavy atom. The molecule has 26 heavy (non-hydrogen) atoms. The number of hydrogen-bond acceptors (Lipinski definition) is 0. The molecule has 2 radical (unpaired) electrons. The van der Waals surface area contributed by atoms with Gasteiger partial charge in [0, 0.05) is 0 Å². The zero-order valence-electron chi connectivity index (χ0n) is 18.8. The summed E-state index contributed by atoms with van der Waals surface area (Å²) in [5.74, 6) is 0. The summed E-state index contributed by atoms with van der Waals surface area (Å²) in [5, 5.41) is 1.02. The third-order valence-electron chi connectivity index (χ3n) is 5.46. The summed E-state index contributed by atoms with van der Waals surface area (Å²) in [6, 6.07) is 0. The fraction of sp³-hybridized carbons (Fsp3) is 1.00. The van der Waals surface area contributed by atoms with E-state index in [2.05, 4.69) is 27.7 Å². The van der Waals surface area contributed by atoms with Gasteiger partial charge >= 0.3 is 0 Å². The van der Waals surface area contributed by atoms with Crippen LogP contribution in [0.25, 0.3) is 0 Å². The zero-order chi connectivity index (χ0) is 19.5. The van der Waals surface area contributed by atoms with Crippen molar-refractivity contribution in [2.75, 3.05) is 24.6 Å². The second-order valence-corrected chi connectivity index (χ2v) is 13.8. The van der Waals surface area contributed by atoms with Gasteiger partial charge < -0.3 is 0 Å². The van der Waals surface area contributed by atoms with Crippen LogP contribution in [0.2, 0.25) is 6.32 Å². The maximum atomic E-state index is 6.15. The normalized spacial score (nSPS) is 12.0. The lowest BCUT2D eigenvalue weighted by molar-refractivity contribution is 0.752. The molecule has 0 saturated heterocycles. The first-order valence-corrected chi connectivity index (χ1v) is 15.5. The van der Waals surface area contributed by atoms with E-state index < -0.39 is 0 Å². The fourth-order valence-electron chi connectivity index (χ4n) is 3.82. The van der Waals surface area contributed by atoms with E-state index in [1.807, 2.05) is 0 Å². The monoisotopic (exact) mass is 398 g/mol. The largest absolute Gasteiger partial charge is 0.0992 e. The zero-order valence-corrected chi connectivity index (χ0v) is 20.6. The van der Waals surface area contributed by atoms with Crippen molar-refractivity contribution in [1.29, 1.82) is 0 Å². The van der Waals surface area contributed by atoms with Crippen molar-refractivity contribution in [1.82, 2.24) is 0 Å². The maximum Gasteiger partial charge on any atom is 0.0653 e. The van der Waals surface area contributed by atoms with Crippen LogP contribution in [0.15, 0.2) is 0 Å². The molecule has 0 nitrogen and oxygen atoms in total. The molecule has 0 heterocycles. The second kappa shape index (κ2) is 20.7. The molecule has 0 fully saturated rings. The summed E-state index contributed by atoms with van der Waals surface area (Å²) in [6.07, 6.45) is 25.5. The van der Waals surface area contributed by atoms with Crippen LogP contribution in [0, 0.1) is 0 Å². The Morgan fingerprint density at radius 1 is 0.538 bits per heavy atom. The van der Waals surface area contributed by atoms with Gasteiger partial charge in [0.25, 0.3) is 0 Å². The van der Waals surface area contributed by atoms with Crippen molar-refractivity contribution in [2.45, 2.75) is 123 Å². The summed E-state index contributed by atoms with van der Waals surface area (Å²) in [7, 11) is 6.57. The number of rotatable bonds is 20. The number of hydrogen-bond donors (Lipinski definition) is 0. The summed E-state index contributed by atoms with van der Waals surface area (Å²) >= 11 is 0. The molecule has 0 spiro atoms. The summed E-state index contributed by atoms with van der Waals surface area (Å²) in [4.78, 5) is 0. The van der Waals surface area contributed by atoms with Gasteiger partial charge in [-0.2, -0.15) is 0 Å². The summed E-state index contributed by atoms with van der Waals surface area (Å²) in [5.41, 5.74) is 0. The topological polar surface area (TPSA) is 0 Å². The van der Waals surface area contributed by atoms with Crippen LogP contribution in [-0.4, -0.2) is 37.9 Å². The molecule has 0 aliphatic carbocycles. The van der Waals surface area contributed by atoms with E-state index in [-0.39, 0.29) is 15.8 Å². The molecule has 0 atom stereocenters. The molecule has 0 aliphatic heterocycles. The molecule has 0 rings (SSSR count). The lowest BCUT2D eigenvalue weighted by Crippen LogP contribution is -2.13. The van der Waals surface area contributed by atoms with Crippen LogP contribution >= 0.6 is 15.8 Å². The standard InChI is InChI=1S/C23H49BP2/c1-5-9-13-19-25(20-14-10-6-2)23(17-18-24)26(21-15-11-7-3)22-16-12-8-4/h23H,5-22H2,1-4H3. The Kier molecular flexibility index (Phi) is 21.4. The molecule has 3 heteroatoms. The minimum absolute atomic E-state index is 0.215. The van der Waals surface area contributed by atoms with Crippen molar-refractivity contribution in [3.8, 4) is 0 Å². The van der Waals surface area contributed by atoms with Crippen LogP contribution in [0.3, 0.4) is 0 Å². The van der Waals surface area contributed by atoms with E-state index in [0.717, 1.165) is 11.7 Å². The molecule has 0 saturated carbocycles. The van der Waals surface area contributed by atoms with Gasteiger partial charge in [-0.05, 0) is 55.7 Å². The Morgan fingerprint density at radius 3 is 1.08 bits per heavy atom. The Balaban J connectivity index is 4.99. The van der Waals surface area contributed by atoms with E-state index in [1.54, 1.807) is 0 Å². The van der Waals surface area contributed by atoms with Gasteiger partial charge in [-0.15, -0.1) is 0 Å². The molecule has 0 N–H and O–H groups in total. The molecule has 0 aliphatic rings. The highest BCUT2D eigenvalue weighted by atomic mass is 31.2. The summed E-state index contributed by atoms with van der Waals surface area (Å²) in [6.45, 7) is 9.39. The highest BCUT2D eigenvalue weighted by molar-refractivity contribution is 7.75. The molecule has 0 aromatic rings. The molecule has 0 aromatic heterocycles. The fourth-order valence-corrected chi connectivity index (χ4v) is 12.2. The first kappa shape index (κ1) is 26.9. The van der Waals surface area contributed by atoms with E-state index in [0.29, 0.717) is 0 Å². The average molecular weight is 398 g/mol. The Hall–Kier alpha value is 0.925. The van der Waals surface area contributed by atoms with Gasteiger partial charge in [0.05, 0.1) is 7.85 Å². The molecule has 0 unspecified atom stereocenters. The van der Waals surface area contributed by atoms with E-state index in [4.69, 9.17) is 7.85 Å². The van der Waals surface area contributed by atoms with Crippen LogP contribution in [0.4, 0.5) is 0 Å². The highest BCUT2D eigenvalue weighted by Crippen LogP contribution is 2.61. The van der Waals surface area contributed by atoms with Crippen molar-refractivity contribution < 1.29 is 0 Å². The smallest absolute Gasteiger partial charge is 0.0653 e. The Bertz CT molecular complexity index is 229. The van der Waals surface area contributed by atoms with Gasteiger partial charge in [0.1, 0.15) is 0 Å². The van der Waals surface area contributed by atoms with Crippen molar-refractivity contribution in [2.24, 2.45) is 0 Å². The third kappa shape index (κ3) is 14.0. The summed E-state index contributed by atoms with van der Waals surface area (Å²) < 4.78 is 0. The lowest BCUT2D eigenvalue weighted by Gasteiger charge is -2.36.